The first kappa shape index (κ1) is 18.9. The molecule has 0 atom stereocenters. The second-order valence-corrected chi connectivity index (χ2v) is 7.67. The van der Waals surface area contributed by atoms with Gasteiger partial charge in [0.05, 0.1) is 17.5 Å². The van der Waals surface area contributed by atoms with E-state index in [4.69, 9.17) is 21.1 Å². The number of benzene rings is 1. The zero-order valence-electron chi connectivity index (χ0n) is 14.4. The van der Waals surface area contributed by atoms with E-state index in [0.29, 0.717) is 48.3 Å². The fourth-order valence-corrected chi connectivity index (χ4v) is 3.91. The molecule has 140 valence electrons. The molecule has 1 aromatic carbocycles. The first-order valence-corrected chi connectivity index (χ1v) is 9.55. The molecule has 2 amide bonds. The number of nitrogens with one attached hydrogen (secondary N) is 1. The fourth-order valence-electron chi connectivity index (χ4n) is 2.81. The molecule has 1 aliphatic rings. The van der Waals surface area contributed by atoms with E-state index in [2.05, 4.69) is 5.32 Å². The summed E-state index contributed by atoms with van der Waals surface area (Å²) in [5, 5.41) is 2.88. The molecule has 1 N–H and O–H groups in total. The van der Waals surface area contributed by atoms with E-state index in [9.17, 15) is 9.18 Å². The first-order valence-electron chi connectivity index (χ1n) is 8.35. The monoisotopic (exact) mass is 398 g/mol. The lowest BCUT2D eigenvalue weighted by atomic mass is 10.1. The Hall–Kier alpha value is -1.83. The Bertz CT molecular complexity index is 784. The summed E-state index contributed by atoms with van der Waals surface area (Å²) >= 11 is 7.40. The number of rotatable bonds is 6. The maximum Gasteiger partial charge on any atom is 0.317 e. The van der Waals surface area contributed by atoms with Gasteiger partial charge in [-0.05, 0) is 43.2 Å². The Morgan fingerprint density at radius 3 is 3.00 bits per heavy atom. The van der Waals surface area contributed by atoms with Gasteiger partial charge in [0.2, 0.25) is 0 Å². The molecule has 2 aromatic rings. The van der Waals surface area contributed by atoms with Gasteiger partial charge in [-0.25, -0.2) is 9.18 Å². The summed E-state index contributed by atoms with van der Waals surface area (Å²) < 4.78 is 25.1. The van der Waals surface area contributed by atoms with E-state index in [1.165, 1.54) is 23.5 Å². The van der Waals surface area contributed by atoms with Crippen LogP contribution in [-0.2, 0) is 24.3 Å². The van der Waals surface area contributed by atoms with Crippen molar-refractivity contribution in [3.63, 3.8) is 0 Å². The van der Waals surface area contributed by atoms with E-state index in [1.54, 1.807) is 4.90 Å². The molecule has 0 unspecified atom stereocenters. The number of hydrogen-bond donors (Lipinski definition) is 1. The van der Waals surface area contributed by atoms with E-state index in [1.807, 2.05) is 19.1 Å². The van der Waals surface area contributed by atoms with Crippen LogP contribution in [0.1, 0.15) is 22.9 Å². The molecular formula is C18H20ClFN2O3S. The highest BCUT2D eigenvalue weighted by Crippen LogP contribution is 2.29. The standard InChI is InChI=1S/C18H20ClFN2O3S/c1-2-22(9-15-3-4-16(19)26-15)18(23)21-6-5-12-7-14(20)8-13-10-24-11-25-17(12)13/h3-4,7-8H,2,5-6,9-11H2,1H3,(H,21,23). The predicted molar refractivity (Wildman–Crippen MR) is 99.2 cm³/mol. The summed E-state index contributed by atoms with van der Waals surface area (Å²) in [6.07, 6.45) is 0.480. The molecule has 0 radical (unpaired) electrons. The molecule has 0 bridgehead atoms. The largest absolute Gasteiger partial charge is 0.467 e. The number of ether oxygens (including phenoxy) is 2. The van der Waals surface area contributed by atoms with Crippen LogP contribution in [0.2, 0.25) is 4.34 Å². The number of amides is 2. The van der Waals surface area contributed by atoms with Gasteiger partial charge in [-0.1, -0.05) is 11.6 Å². The molecule has 0 spiro atoms. The lowest BCUT2D eigenvalue weighted by Crippen LogP contribution is -2.40. The molecule has 0 saturated carbocycles. The second kappa shape index (κ2) is 8.70. The van der Waals surface area contributed by atoms with Gasteiger partial charge in [-0.3, -0.25) is 0 Å². The average molecular weight is 399 g/mol. The van der Waals surface area contributed by atoms with E-state index < -0.39 is 0 Å². The van der Waals surface area contributed by atoms with Crippen molar-refractivity contribution >= 4 is 29.0 Å². The molecule has 0 fully saturated rings. The van der Waals surface area contributed by atoms with Crippen LogP contribution in [0.25, 0.3) is 0 Å². The molecule has 8 heteroatoms. The van der Waals surface area contributed by atoms with Gasteiger partial charge in [-0.15, -0.1) is 11.3 Å². The Morgan fingerprint density at radius 2 is 2.27 bits per heavy atom. The molecular weight excluding hydrogens is 379 g/mol. The molecule has 26 heavy (non-hydrogen) atoms. The molecule has 0 aliphatic carbocycles. The van der Waals surface area contributed by atoms with Crippen molar-refractivity contribution in [3.05, 3.63) is 50.4 Å². The van der Waals surface area contributed by atoms with Gasteiger partial charge in [0, 0.05) is 23.5 Å². The number of nitrogens with zero attached hydrogens (tertiary/aromatic N) is 1. The lowest BCUT2D eigenvalue weighted by molar-refractivity contribution is -0.0172. The minimum absolute atomic E-state index is 0.158. The molecule has 1 aliphatic heterocycles. The third-order valence-corrected chi connectivity index (χ3v) is 5.28. The summed E-state index contributed by atoms with van der Waals surface area (Å²) in [6.45, 7) is 3.89. The van der Waals surface area contributed by atoms with Crippen molar-refractivity contribution in [1.82, 2.24) is 10.2 Å². The summed E-state index contributed by atoms with van der Waals surface area (Å²) in [5.41, 5.74) is 1.43. The highest BCUT2D eigenvalue weighted by molar-refractivity contribution is 7.16. The van der Waals surface area contributed by atoms with Crippen LogP contribution in [0, 0.1) is 5.82 Å². The normalized spacial score (nSPS) is 13.0. The number of halogens is 2. The van der Waals surface area contributed by atoms with Crippen molar-refractivity contribution in [2.24, 2.45) is 0 Å². The van der Waals surface area contributed by atoms with Crippen molar-refractivity contribution < 1.29 is 18.7 Å². The van der Waals surface area contributed by atoms with Crippen molar-refractivity contribution in [1.29, 1.82) is 0 Å². The number of urea groups is 1. The summed E-state index contributed by atoms with van der Waals surface area (Å²) in [7, 11) is 0. The van der Waals surface area contributed by atoms with Crippen molar-refractivity contribution in [3.8, 4) is 5.75 Å². The van der Waals surface area contributed by atoms with Crippen LogP contribution < -0.4 is 10.1 Å². The smallest absolute Gasteiger partial charge is 0.317 e. The first-order chi connectivity index (χ1) is 12.6. The van der Waals surface area contributed by atoms with E-state index in [0.717, 1.165) is 10.4 Å². The van der Waals surface area contributed by atoms with Crippen LogP contribution in [0.4, 0.5) is 9.18 Å². The Labute approximate surface area is 160 Å². The van der Waals surface area contributed by atoms with Gasteiger partial charge >= 0.3 is 6.03 Å². The van der Waals surface area contributed by atoms with Gasteiger partial charge < -0.3 is 19.7 Å². The van der Waals surface area contributed by atoms with Gasteiger partial charge in [0.15, 0.2) is 6.79 Å². The average Bonchev–Trinajstić information content (AvgIpc) is 3.04. The van der Waals surface area contributed by atoms with Gasteiger partial charge in [-0.2, -0.15) is 0 Å². The number of carbonyl (C=O) groups is 1. The van der Waals surface area contributed by atoms with E-state index in [-0.39, 0.29) is 18.6 Å². The molecule has 5 nitrogen and oxygen atoms in total. The third-order valence-electron chi connectivity index (χ3n) is 4.07. The lowest BCUT2D eigenvalue weighted by Gasteiger charge is -2.22. The SMILES string of the molecule is CCN(Cc1ccc(Cl)s1)C(=O)NCCc1cc(F)cc2c1OCOC2. The van der Waals surface area contributed by atoms with E-state index >= 15 is 0 Å². The number of hydrogen-bond acceptors (Lipinski definition) is 4. The minimum Gasteiger partial charge on any atom is -0.467 e. The quantitative estimate of drug-likeness (QED) is 0.794. The van der Waals surface area contributed by atoms with Crippen LogP contribution in [0.15, 0.2) is 24.3 Å². The highest BCUT2D eigenvalue weighted by Gasteiger charge is 2.18. The number of fused-ring (bicyclic) bond motifs is 1. The third kappa shape index (κ3) is 4.66. The molecule has 0 saturated heterocycles. The maximum atomic E-state index is 13.8. The number of carbonyl (C=O) groups excluding carboxylic acids is 1. The minimum atomic E-state index is -0.330. The summed E-state index contributed by atoms with van der Waals surface area (Å²) in [5.74, 6) is 0.330. The topological polar surface area (TPSA) is 50.8 Å². The predicted octanol–water partition coefficient (Wildman–Crippen LogP) is 4.18. The zero-order valence-corrected chi connectivity index (χ0v) is 16.0. The van der Waals surface area contributed by atoms with Crippen LogP contribution in [-0.4, -0.2) is 30.8 Å². The van der Waals surface area contributed by atoms with Gasteiger partial charge in [0.25, 0.3) is 0 Å². The fraction of sp³-hybridized carbons (Fsp3) is 0.389. The molecule has 2 heterocycles. The van der Waals surface area contributed by atoms with Crippen LogP contribution >= 0.6 is 22.9 Å². The van der Waals surface area contributed by atoms with Crippen LogP contribution in [0.3, 0.4) is 0 Å². The summed E-state index contributed by atoms with van der Waals surface area (Å²) in [4.78, 5) is 15.1. The highest BCUT2D eigenvalue weighted by atomic mass is 35.5. The molecule has 1 aromatic heterocycles. The van der Waals surface area contributed by atoms with Crippen LogP contribution in [0.5, 0.6) is 5.75 Å². The van der Waals surface area contributed by atoms with Gasteiger partial charge in [0.1, 0.15) is 11.6 Å². The summed E-state index contributed by atoms with van der Waals surface area (Å²) in [6, 6.07) is 6.45. The Balaban J connectivity index is 1.57. The molecule has 3 rings (SSSR count). The van der Waals surface area contributed by atoms with Crippen molar-refractivity contribution in [2.45, 2.75) is 26.5 Å². The maximum absolute atomic E-state index is 13.8. The number of thiophene rings is 1. The zero-order chi connectivity index (χ0) is 18.5. The van der Waals surface area contributed by atoms with Crippen molar-refractivity contribution in [2.75, 3.05) is 19.9 Å². The Morgan fingerprint density at radius 1 is 1.42 bits per heavy atom. The Kier molecular flexibility index (Phi) is 6.34. The second-order valence-electron chi connectivity index (χ2n) is 5.87.